The average Bonchev–Trinajstić information content (AvgIpc) is 3.22. The van der Waals surface area contributed by atoms with Crippen molar-refractivity contribution in [2.75, 3.05) is 13.7 Å². The predicted molar refractivity (Wildman–Crippen MR) is 97.3 cm³/mol. The number of carbonyl (C=O) groups is 1. The van der Waals surface area contributed by atoms with Crippen LogP contribution < -0.4 is 26.7 Å². The Morgan fingerprint density at radius 2 is 1.96 bits per heavy atom. The highest BCUT2D eigenvalue weighted by Crippen LogP contribution is 2.27. The molecule has 1 fully saturated rings. The summed E-state index contributed by atoms with van der Waals surface area (Å²) in [6, 6.07) is 16.1. The van der Waals surface area contributed by atoms with Crippen molar-refractivity contribution in [2.24, 2.45) is 5.92 Å². The molecule has 1 atom stereocenters. The molecule has 0 aromatic heterocycles. The molecule has 4 N–H and O–H groups in total. The molecular formula is C19H23N5O2. The van der Waals surface area contributed by atoms with Crippen molar-refractivity contribution in [3.05, 3.63) is 65.2 Å². The number of hydrogen-bond donors (Lipinski definition) is 4. The van der Waals surface area contributed by atoms with Gasteiger partial charge in [-0.05, 0) is 29.2 Å². The Hall–Kier alpha value is -2.45. The van der Waals surface area contributed by atoms with Gasteiger partial charge in [-0.25, -0.2) is 10.9 Å². The van der Waals surface area contributed by atoms with Gasteiger partial charge in [0.15, 0.2) is 0 Å². The van der Waals surface area contributed by atoms with Gasteiger partial charge in [-0.2, -0.15) is 11.1 Å². The summed E-state index contributed by atoms with van der Waals surface area (Å²) in [5.74, 6) is 0.876. The molecule has 0 radical (unpaired) electrons. The van der Waals surface area contributed by atoms with Gasteiger partial charge in [0, 0.05) is 13.6 Å². The second kappa shape index (κ2) is 7.43. The van der Waals surface area contributed by atoms with E-state index in [0.717, 1.165) is 28.9 Å². The Balaban J connectivity index is 1.41. The van der Waals surface area contributed by atoms with Crippen LogP contribution in [0.15, 0.2) is 48.5 Å². The van der Waals surface area contributed by atoms with Crippen molar-refractivity contribution < 1.29 is 9.53 Å². The van der Waals surface area contributed by atoms with E-state index >= 15 is 0 Å². The fourth-order valence-electron chi connectivity index (χ4n) is 3.44. The molecule has 1 amide bonds. The van der Waals surface area contributed by atoms with Gasteiger partial charge < -0.3 is 9.64 Å². The maximum Gasteiger partial charge on any atom is 0.229 e. The van der Waals surface area contributed by atoms with Gasteiger partial charge in [-0.1, -0.05) is 42.5 Å². The van der Waals surface area contributed by atoms with Crippen LogP contribution in [0.5, 0.6) is 5.75 Å². The highest BCUT2D eigenvalue weighted by molar-refractivity contribution is 5.79. The summed E-state index contributed by atoms with van der Waals surface area (Å²) in [5.41, 5.74) is 15.0. The predicted octanol–water partition coefficient (Wildman–Crippen LogP) is 1.01. The molecule has 26 heavy (non-hydrogen) atoms. The fourth-order valence-corrected chi connectivity index (χ4v) is 3.44. The molecule has 0 saturated carbocycles. The third-order valence-electron chi connectivity index (χ3n) is 4.80. The van der Waals surface area contributed by atoms with Crippen molar-refractivity contribution in [2.45, 2.75) is 19.1 Å². The van der Waals surface area contributed by atoms with Crippen molar-refractivity contribution >= 4 is 5.91 Å². The summed E-state index contributed by atoms with van der Waals surface area (Å²) in [6.45, 7) is 1.01. The normalized spacial score (nSPS) is 19.7. The van der Waals surface area contributed by atoms with Crippen LogP contribution in [0, 0.1) is 5.92 Å². The molecular weight excluding hydrogens is 330 g/mol. The van der Waals surface area contributed by atoms with Crippen molar-refractivity contribution in [3.8, 4) is 5.75 Å². The van der Waals surface area contributed by atoms with E-state index in [4.69, 9.17) is 4.74 Å². The number of hydrazine groups is 3. The fraction of sp³-hybridized carbons (Fsp3) is 0.316. The number of para-hydroxylation sites is 1. The van der Waals surface area contributed by atoms with E-state index in [1.165, 1.54) is 0 Å². The molecule has 2 heterocycles. The number of benzene rings is 2. The molecule has 1 saturated heterocycles. The molecule has 2 aromatic carbocycles. The van der Waals surface area contributed by atoms with E-state index in [1.54, 1.807) is 4.90 Å². The van der Waals surface area contributed by atoms with E-state index in [9.17, 15) is 4.79 Å². The molecule has 0 bridgehead atoms. The Kier molecular flexibility index (Phi) is 4.85. The van der Waals surface area contributed by atoms with Crippen molar-refractivity contribution in [3.63, 3.8) is 0 Å². The van der Waals surface area contributed by atoms with Gasteiger partial charge in [0.05, 0.1) is 5.92 Å². The summed E-state index contributed by atoms with van der Waals surface area (Å²) in [6.07, 6.45) is 0.714. The number of ether oxygens (including phenoxy) is 1. The number of nitrogens with zero attached hydrogens (tertiary/aromatic N) is 1. The number of fused-ring (bicyclic) bond motifs is 1. The molecule has 1 unspecified atom stereocenters. The maximum atomic E-state index is 12.9. The summed E-state index contributed by atoms with van der Waals surface area (Å²) in [7, 11) is 1.85. The Bertz CT molecular complexity index is 791. The molecule has 0 aliphatic carbocycles. The van der Waals surface area contributed by atoms with Crippen LogP contribution in [0.2, 0.25) is 0 Å². The quantitative estimate of drug-likeness (QED) is 0.657. The lowest BCUT2D eigenvalue weighted by Gasteiger charge is -2.28. The summed E-state index contributed by atoms with van der Waals surface area (Å²) in [4.78, 5) is 14.6. The van der Waals surface area contributed by atoms with Crippen LogP contribution in [0.25, 0.3) is 0 Å². The molecule has 2 aliphatic rings. The number of amides is 1. The highest BCUT2D eigenvalue weighted by atomic mass is 16.5. The summed E-state index contributed by atoms with van der Waals surface area (Å²) >= 11 is 0. The highest BCUT2D eigenvalue weighted by Gasteiger charge is 2.28. The van der Waals surface area contributed by atoms with Gasteiger partial charge in [0.25, 0.3) is 0 Å². The number of carbonyl (C=O) groups excluding carboxylic acids is 1. The van der Waals surface area contributed by atoms with E-state index < -0.39 is 0 Å². The number of hydrogen-bond acceptors (Lipinski definition) is 6. The smallest absolute Gasteiger partial charge is 0.229 e. The van der Waals surface area contributed by atoms with Crippen LogP contribution in [0.4, 0.5) is 0 Å². The first kappa shape index (κ1) is 17.0. The first-order valence-corrected chi connectivity index (χ1v) is 8.76. The molecule has 2 aromatic rings. The Morgan fingerprint density at radius 1 is 1.15 bits per heavy atom. The maximum absolute atomic E-state index is 12.9. The van der Waals surface area contributed by atoms with Gasteiger partial charge in [-0.15, -0.1) is 0 Å². The monoisotopic (exact) mass is 353 g/mol. The van der Waals surface area contributed by atoms with Crippen LogP contribution >= 0.6 is 0 Å². The Morgan fingerprint density at radius 3 is 2.81 bits per heavy atom. The second-order valence-corrected chi connectivity index (χ2v) is 6.73. The van der Waals surface area contributed by atoms with Crippen LogP contribution in [0.3, 0.4) is 0 Å². The second-order valence-electron chi connectivity index (χ2n) is 6.73. The van der Waals surface area contributed by atoms with Gasteiger partial charge in [0.2, 0.25) is 5.91 Å². The third-order valence-corrected chi connectivity index (χ3v) is 4.80. The topological polar surface area (TPSA) is 77.7 Å². The van der Waals surface area contributed by atoms with Crippen LogP contribution in [0.1, 0.15) is 22.9 Å². The lowest BCUT2D eigenvalue weighted by atomic mass is 9.95. The lowest BCUT2D eigenvalue weighted by molar-refractivity contribution is -0.136. The Labute approximate surface area is 152 Å². The van der Waals surface area contributed by atoms with Crippen LogP contribution in [-0.2, 0) is 17.8 Å². The van der Waals surface area contributed by atoms with Gasteiger partial charge >= 0.3 is 0 Å². The molecule has 7 heteroatoms. The SMILES string of the molecule is CN(Cc1cccc(C2NNNN2)c1)C(=O)C1COc2ccccc2C1. The minimum atomic E-state index is -0.135. The van der Waals surface area contributed by atoms with E-state index in [-0.39, 0.29) is 18.0 Å². The third kappa shape index (κ3) is 3.56. The molecule has 136 valence electrons. The summed E-state index contributed by atoms with van der Waals surface area (Å²) in [5, 5.41) is 0. The van der Waals surface area contributed by atoms with Gasteiger partial charge in [-0.3, -0.25) is 4.79 Å². The van der Waals surface area contributed by atoms with Gasteiger partial charge in [0.1, 0.15) is 18.5 Å². The summed E-state index contributed by atoms with van der Waals surface area (Å²) < 4.78 is 5.77. The zero-order chi connectivity index (χ0) is 17.9. The van der Waals surface area contributed by atoms with E-state index in [0.29, 0.717) is 13.2 Å². The first-order valence-electron chi connectivity index (χ1n) is 8.76. The van der Waals surface area contributed by atoms with E-state index in [1.807, 2.05) is 49.5 Å². The lowest BCUT2D eigenvalue weighted by Crippen LogP contribution is -2.38. The minimum absolute atomic E-state index is 0.0146. The molecule has 7 nitrogen and oxygen atoms in total. The average molecular weight is 353 g/mol. The van der Waals surface area contributed by atoms with Crippen LogP contribution in [-0.4, -0.2) is 24.5 Å². The zero-order valence-electron chi connectivity index (χ0n) is 14.7. The zero-order valence-corrected chi connectivity index (χ0v) is 14.7. The van der Waals surface area contributed by atoms with Crippen molar-refractivity contribution in [1.29, 1.82) is 0 Å². The standard InChI is InChI=1S/C19H23N5O2/c1-24(11-13-5-4-7-15(9-13)18-20-22-23-21-18)19(25)16-10-14-6-2-3-8-17(14)26-12-16/h2-9,16,18,20-23H,10-12H2,1H3. The molecule has 4 rings (SSSR count). The largest absolute Gasteiger partial charge is 0.492 e. The van der Waals surface area contributed by atoms with Crippen molar-refractivity contribution in [1.82, 2.24) is 26.8 Å². The number of rotatable bonds is 4. The first-order chi connectivity index (χ1) is 12.7. The van der Waals surface area contributed by atoms with E-state index in [2.05, 4.69) is 28.0 Å². The molecule has 2 aliphatic heterocycles. The molecule has 0 spiro atoms. The minimum Gasteiger partial charge on any atom is -0.492 e. The number of nitrogens with one attached hydrogen (secondary N) is 4.